The van der Waals surface area contributed by atoms with Crippen LogP contribution in [0.3, 0.4) is 0 Å². The normalized spacial score (nSPS) is 10.2. The molecule has 0 N–H and O–H groups in total. The summed E-state index contributed by atoms with van der Waals surface area (Å²) in [5, 5.41) is 2.64. The van der Waals surface area contributed by atoms with Gasteiger partial charge in [0.2, 0.25) is 0 Å². The number of hydrogen-bond donors (Lipinski definition) is 0. The van der Waals surface area contributed by atoms with E-state index < -0.39 is 0 Å². The van der Waals surface area contributed by atoms with Crippen LogP contribution in [-0.2, 0) is 0 Å². The van der Waals surface area contributed by atoms with Crippen LogP contribution in [0.25, 0.3) is 16.3 Å². The van der Waals surface area contributed by atoms with Crippen LogP contribution in [0, 0.1) is 6.92 Å². The van der Waals surface area contributed by atoms with E-state index in [2.05, 4.69) is 77.1 Å². The van der Waals surface area contributed by atoms with Gasteiger partial charge in [0.15, 0.2) is 0 Å². The van der Waals surface area contributed by atoms with Gasteiger partial charge in [-0.15, -0.1) is 0 Å². The van der Waals surface area contributed by atoms with E-state index in [0.717, 1.165) is 0 Å². The molecule has 2 aromatic rings. The van der Waals surface area contributed by atoms with E-state index in [1.54, 1.807) is 0 Å². The van der Waals surface area contributed by atoms with Crippen molar-refractivity contribution in [3.8, 4) is 0 Å². The van der Waals surface area contributed by atoms with E-state index >= 15 is 0 Å². The van der Waals surface area contributed by atoms with E-state index in [1.165, 1.54) is 33.9 Å². The smallest absolute Gasteiger partial charge is 0.0178 e. The predicted octanol–water partition coefficient (Wildman–Crippen LogP) is 7.01. The number of allylic oxidation sites excluding steroid dienone is 2. The number of aryl methyl sites for hydroxylation is 1. The van der Waals surface area contributed by atoms with E-state index in [4.69, 9.17) is 0 Å². The molecular weight excluding hydrogens is 240 g/mol. The molecule has 0 atom stereocenters. The lowest BCUT2D eigenvalue weighted by atomic mass is 10.0. The first-order valence-corrected chi connectivity index (χ1v) is 7.76. The van der Waals surface area contributed by atoms with Crippen LogP contribution in [-0.4, -0.2) is 0 Å². The maximum atomic E-state index is 2.25. The fourth-order valence-electron chi connectivity index (χ4n) is 1.78. The minimum absolute atomic E-state index is 1.25. The van der Waals surface area contributed by atoms with E-state index in [0.29, 0.717) is 0 Å². The standard InChI is InChI=1S/C15H16.C3H8.C2H6/c1-4-12(3)13-7-8-14-9-11(2)5-6-15(14)10-13;1-3-2;1-2/h4-10H,1-3H3;3H2,1-2H3;1-2H3/b12-4+;;. The summed E-state index contributed by atoms with van der Waals surface area (Å²) in [6.07, 6.45) is 3.40. The van der Waals surface area contributed by atoms with Crippen LogP contribution in [0.5, 0.6) is 0 Å². The average molecular weight is 270 g/mol. The minimum atomic E-state index is 1.25. The fraction of sp³-hybridized carbons (Fsp3) is 0.400. The van der Waals surface area contributed by atoms with Gasteiger partial charge >= 0.3 is 0 Å². The zero-order chi connectivity index (χ0) is 15.5. The minimum Gasteiger partial charge on any atom is -0.0841 e. The zero-order valence-electron chi connectivity index (χ0n) is 14.2. The number of fused-ring (bicyclic) bond motifs is 1. The lowest BCUT2D eigenvalue weighted by Gasteiger charge is -2.04. The lowest BCUT2D eigenvalue weighted by Crippen LogP contribution is -1.81. The Bertz CT molecular complexity index is 533. The van der Waals surface area contributed by atoms with Crippen LogP contribution in [0.15, 0.2) is 42.5 Å². The van der Waals surface area contributed by atoms with Crippen molar-refractivity contribution in [1.29, 1.82) is 0 Å². The lowest BCUT2D eigenvalue weighted by molar-refractivity contribution is 1.09. The summed E-state index contributed by atoms with van der Waals surface area (Å²) >= 11 is 0. The topological polar surface area (TPSA) is 0 Å². The van der Waals surface area contributed by atoms with Crippen LogP contribution >= 0.6 is 0 Å². The molecule has 110 valence electrons. The third kappa shape index (κ3) is 5.61. The molecule has 0 amide bonds. The van der Waals surface area contributed by atoms with Crippen LogP contribution < -0.4 is 0 Å². The van der Waals surface area contributed by atoms with Crippen molar-refractivity contribution in [2.24, 2.45) is 0 Å². The van der Waals surface area contributed by atoms with Gasteiger partial charge in [0.25, 0.3) is 0 Å². The molecule has 2 aromatic carbocycles. The Morgan fingerprint density at radius 3 is 2.00 bits per heavy atom. The highest BCUT2D eigenvalue weighted by Gasteiger charge is 1.97. The van der Waals surface area contributed by atoms with E-state index in [-0.39, 0.29) is 0 Å². The van der Waals surface area contributed by atoms with Crippen LogP contribution in [0.1, 0.15) is 59.1 Å². The molecule has 0 saturated carbocycles. The van der Waals surface area contributed by atoms with Gasteiger partial charge in [-0.05, 0) is 48.7 Å². The number of hydrogen-bond acceptors (Lipinski definition) is 0. The zero-order valence-corrected chi connectivity index (χ0v) is 14.2. The Balaban J connectivity index is 0.000000641. The highest BCUT2D eigenvalue weighted by Crippen LogP contribution is 2.21. The molecule has 0 aliphatic heterocycles. The van der Waals surface area contributed by atoms with Crippen molar-refractivity contribution >= 4 is 16.3 Å². The molecular formula is C20H30. The van der Waals surface area contributed by atoms with Crippen molar-refractivity contribution in [2.45, 2.75) is 54.9 Å². The first kappa shape index (κ1) is 18.4. The Labute approximate surface area is 125 Å². The molecule has 0 spiro atoms. The number of rotatable bonds is 1. The predicted molar refractivity (Wildman–Crippen MR) is 95.3 cm³/mol. The van der Waals surface area contributed by atoms with Crippen molar-refractivity contribution in [1.82, 2.24) is 0 Å². The third-order valence-electron chi connectivity index (χ3n) is 2.88. The van der Waals surface area contributed by atoms with Gasteiger partial charge in [0, 0.05) is 0 Å². The van der Waals surface area contributed by atoms with Crippen molar-refractivity contribution < 1.29 is 0 Å². The maximum absolute atomic E-state index is 2.25. The molecule has 20 heavy (non-hydrogen) atoms. The molecule has 0 heterocycles. The van der Waals surface area contributed by atoms with E-state index in [9.17, 15) is 0 Å². The summed E-state index contributed by atoms with van der Waals surface area (Å²) in [7, 11) is 0. The Hall–Kier alpha value is -1.56. The molecule has 0 aliphatic carbocycles. The molecule has 0 aromatic heterocycles. The Kier molecular flexibility index (Phi) is 9.45. The molecule has 0 heteroatoms. The molecule has 0 bridgehead atoms. The Morgan fingerprint density at radius 1 is 0.950 bits per heavy atom. The first-order valence-electron chi connectivity index (χ1n) is 7.76. The van der Waals surface area contributed by atoms with Gasteiger partial charge in [-0.25, -0.2) is 0 Å². The summed E-state index contributed by atoms with van der Waals surface area (Å²) < 4.78 is 0. The second-order valence-electron chi connectivity index (χ2n) is 4.74. The van der Waals surface area contributed by atoms with Gasteiger partial charge < -0.3 is 0 Å². The average Bonchev–Trinajstić information content (AvgIpc) is 2.48. The van der Waals surface area contributed by atoms with Gasteiger partial charge in [0.05, 0.1) is 0 Å². The van der Waals surface area contributed by atoms with Gasteiger partial charge in [-0.1, -0.05) is 76.1 Å². The van der Waals surface area contributed by atoms with Crippen LogP contribution in [0.2, 0.25) is 0 Å². The fourth-order valence-corrected chi connectivity index (χ4v) is 1.78. The second-order valence-corrected chi connectivity index (χ2v) is 4.74. The summed E-state index contributed by atoms with van der Waals surface area (Å²) in [4.78, 5) is 0. The molecule has 0 radical (unpaired) electrons. The third-order valence-corrected chi connectivity index (χ3v) is 2.88. The SMILES string of the molecule is C/C=C(\C)c1ccc2cc(C)ccc2c1.CC.CCC. The molecule has 0 aliphatic rings. The van der Waals surface area contributed by atoms with Crippen molar-refractivity contribution in [2.75, 3.05) is 0 Å². The number of benzene rings is 2. The summed E-state index contributed by atoms with van der Waals surface area (Å²) in [6, 6.07) is 13.2. The van der Waals surface area contributed by atoms with Gasteiger partial charge in [0.1, 0.15) is 0 Å². The largest absolute Gasteiger partial charge is 0.0841 e. The second kappa shape index (κ2) is 10.3. The highest BCUT2D eigenvalue weighted by atomic mass is 14.0. The van der Waals surface area contributed by atoms with Crippen molar-refractivity contribution in [3.05, 3.63) is 53.6 Å². The molecule has 0 nitrogen and oxygen atoms in total. The maximum Gasteiger partial charge on any atom is -0.0178 e. The highest BCUT2D eigenvalue weighted by molar-refractivity contribution is 5.86. The molecule has 0 fully saturated rings. The molecule has 0 unspecified atom stereocenters. The van der Waals surface area contributed by atoms with Crippen molar-refractivity contribution in [3.63, 3.8) is 0 Å². The monoisotopic (exact) mass is 270 g/mol. The van der Waals surface area contributed by atoms with E-state index in [1.807, 2.05) is 13.8 Å². The first-order chi connectivity index (χ1) is 9.62. The van der Waals surface area contributed by atoms with Crippen LogP contribution in [0.4, 0.5) is 0 Å². The van der Waals surface area contributed by atoms with Gasteiger partial charge in [-0.3, -0.25) is 0 Å². The summed E-state index contributed by atoms with van der Waals surface area (Å²) in [5.74, 6) is 0. The van der Waals surface area contributed by atoms with Gasteiger partial charge in [-0.2, -0.15) is 0 Å². The summed E-state index contributed by atoms with van der Waals surface area (Å²) in [6.45, 7) is 14.6. The molecule has 2 rings (SSSR count). The molecule has 0 saturated heterocycles. The summed E-state index contributed by atoms with van der Waals surface area (Å²) in [5.41, 5.74) is 3.96. The Morgan fingerprint density at radius 2 is 1.45 bits per heavy atom. The quantitative estimate of drug-likeness (QED) is 0.522.